The number of ether oxygens (including phenoxy) is 1. The SMILES string of the molecule is C=Cc1ccc2c(c1)C(C)(C)c1cc(CCCCc3cc(C)c(OCCCc4ccc5c(c4)C(C)(C)c4cc(C=C)ccc4-5)cc3C)ccc1-2. The summed E-state index contributed by atoms with van der Waals surface area (Å²) in [7, 11) is 0. The average Bonchev–Trinajstić information content (AvgIpc) is 3.48. The molecule has 1 heteroatoms. The van der Waals surface area contributed by atoms with E-state index in [4.69, 9.17) is 4.74 Å². The fraction of sp³-hybridized carbons (Fsp3) is 0.306. The van der Waals surface area contributed by atoms with Gasteiger partial charge in [0.05, 0.1) is 6.61 Å². The molecule has 0 radical (unpaired) electrons. The largest absolute Gasteiger partial charge is 0.493 e. The highest BCUT2D eigenvalue weighted by Gasteiger charge is 2.36. The zero-order valence-electron chi connectivity index (χ0n) is 31.0. The molecule has 0 unspecified atom stereocenters. The summed E-state index contributed by atoms with van der Waals surface area (Å²) in [6.07, 6.45) is 10.5. The van der Waals surface area contributed by atoms with Crippen LogP contribution in [0.15, 0.2) is 98.1 Å². The molecule has 0 spiro atoms. The highest BCUT2D eigenvalue weighted by Crippen LogP contribution is 2.50. The van der Waals surface area contributed by atoms with Crippen LogP contribution in [0.25, 0.3) is 34.4 Å². The minimum absolute atomic E-state index is 0.00488. The Morgan fingerprint density at radius 3 is 1.50 bits per heavy atom. The van der Waals surface area contributed by atoms with Crippen molar-refractivity contribution in [1.82, 2.24) is 0 Å². The minimum atomic E-state index is -0.00488. The number of benzene rings is 5. The van der Waals surface area contributed by atoms with Crippen molar-refractivity contribution in [3.63, 3.8) is 0 Å². The summed E-state index contributed by atoms with van der Waals surface area (Å²) < 4.78 is 6.36. The molecule has 2 aliphatic carbocycles. The van der Waals surface area contributed by atoms with Gasteiger partial charge in [0.25, 0.3) is 0 Å². The first-order chi connectivity index (χ1) is 24.0. The molecular weight excluding hydrogens is 605 g/mol. The molecule has 2 aliphatic rings. The van der Waals surface area contributed by atoms with Crippen LogP contribution >= 0.6 is 0 Å². The summed E-state index contributed by atoms with van der Waals surface area (Å²) in [4.78, 5) is 0. The van der Waals surface area contributed by atoms with E-state index in [1.54, 1.807) is 0 Å². The van der Waals surface area contributed by atoms with Gasteiger partial charge >= 0.3 is 0 Å². The Morgan fingerprint density at radius 1 is 0.520 bits per heavy atom. The normalized spacial score (nSPS) is 14.4. The van der Waals surface area contributed by atoms with Crippen LogP contribution in [0.5, 0.6) is 5.75 Å². The average molecular weight is 657 g/mol. The maximum atomic E-state index is 6.36. The highest BCUT2D eigenvalue weighted by molar-refractivity contribution is 5.83. The third-order valence-electron chi connectivity index (χ3n) is 11.7. The van der Waals surface area contributed by atoms with E-state index in [9.17, 15) is 0 Å². The van der Waals surface area contributed by atoms with Crippen LogP contribution < -0.4 is 4.74 Å². The van der Waals surface area contributed by atoms with Gasteiger partial charge in [-0.2, -0.15) is 0 Å². The van der Waals surface area contributed by atoms with Crippen LogP contribution in [0.4, 0.5) is 0 Å². The van der Waals surface area contributed by atoms with E-state index in [2.05, 4.69) is 140 Å². The monoisotopic (exact) mass is 656 g/mol. The van der Waals surface area contributed by atoms with Gasteiger partial charge in [-0.3, -0.25) is 0 Å². The molecule has 5 aromatic rings. The lowest BCUT2D eigenvalue weighted by Crippen LogP contribution is -2.15. The number of aryl methyl sites for hydroxylation is 5. The van der Waals surface area contributed by atoms with Crippen molar-refractivity contribution in [2.24, 2.45) is 0 Å². The first-order valence-electron chi connectivity index (χ1n) is 18.6. The predicted octanol–water partition coefficient (Wildman–Crippen LogP) is 12.8. The molecule has 0 N–H and O–H groups in total. The second-order valence-electron chi connectivity index (χ2n) is 15.7. The predicted molar refractivity (Wildman–Crippen MR) is 215 cm³/mol. The highest BCUT2D eigenvalue weighted by atomic mass is 16.5. The molecule has 0 heterocycles. The van der Waals surface area contributed by atoms with Crippen molar-refractivity contribution < 1.29 is 4.74 Å². The Hall–Kier alpha value is -4.62. The molecule has 0 bridgehead atoms. The van der Waals surface area contributed by atoms with E-state index >= 15 is 0 Å². The smallest absolute Gasteiger partial charge is 0.122 e. The van der Waals surface area contributed by atoms with Gasteiger partial charge in [0.2, 0.25) is 0 Å². The van der Waals surface area contributed by atoms with Gasteiger partial charge in [0, 0.05) is 10.8 Å². The Bertz CT molecular complexity index is 1970. The lowest BCUT2D eigenvalue weighted by atomic mass is 9.81. The van der Waals surface area contributed by atoms with E-state index in [0.29, 0.717) is 0 Å². The van der Waals surface area contributed by atoms with Crippen LogP contribution in [0.1, 0.15) is 108 Å². The summed E-state index contributed by atoms with van der Waals surface area (Å²) in [6, 6.07) is 32.3. The lowest BCUT2D eigenvalue weighted by molar-refractivity contribution is 0.308. The fourth-order valence-electron chi connectivity index (χ4n) is 8.55. The van der Waals surface area contributed by atoms with Gasteiger partial charge in [-0.25, -0.2) is 0 Å². The second-order valence-corrected chi connectivity index (χ2v) is 15.7. The van der Waals surface area contributed by atoms with E-state index in [0.717, 1.165) is 38.0 Å². The molecule has 7 rings (SSSR count). The van der Waals surface area contributed by atoms with Crippen molar-refractivity contribution in [2.75, 3.05) is 6.61 Å². The number of rotatable bonds is 12. The van der Waals surface area contributed by atoms with E-state index in [1.165, 1.54) is 96.3 Å². The molecule has 0 fully saturated rings. The summed E-state index contributed by atoms with van der Waals surface area (Å²) >= 11 is 0. The van der Waals surface area contributed by atoms with Crippen LogP contribution in [-0.4, -0.2) is 6.61 Å². The summed E-state index contributed by atoms with van der Waals surface area (Å²) in [5.74, 6) is 1.02. The third kappa shape index (κ3) is 6.06. The minimum Gasteiger partial charge on any atom is -0.493 e. The molecule has 0 aromatic heterocycles. The number of hydrogen-bond acceptors (Lipinski definition) is 1. The van der Waals surface area contributed by atoms with Crippen LogP contribution in [0, 0.1) is 13.8 Å². The van der Waals surface area contributed by atoms with E-state index in [1.807, 2.05) is 12.2 Å². The molecule has 0 saturated heterocycles. The van der Waals surface area contributed by atoms with Gasteiger partial charge in [0.15, 0.2) is 0 Å². The molecule has 0 aliphatic heterocycles. The van der Waals surface area contributed by atoms with Gasteiger partial charge in [-0.15, -0.1) is 0 Å². The molecule has 1 nitrogen and oxygen atoms in total. The molecule has 0 amide bonds. The standard InChI is InChI=1S/C49H52O/c1-9-34-17-21-39-41-23-19-36(30-45(41)48(5,6)43(39)28-34)14-11-12-16-38-26-33(4)47(27-32(38)3)50-25-13-15-37-20-24-42-40-22-18-35(10-2)29-44(40)49(7,8)46(42)31-37/h9-10,17-24,26-31H,1-2,11-16,25H2,3-8H3. The van der Waals surface area contributed by atoms with Crippen molar-refractivity contribution >= 4 is 12.2 Å². The first-order valence-corrected chi connectivity index (χ1v) is 18.6. The van der Waals surface area contributed by atoms with Gasteiger partial charge in [-0.05, 0) is 142 Å². The number of fused-ring (bicyclic) bond motifs is 6. The lowest BCUT2D eigenvalue weighted by Gasteiger charge is -2.22. The molecule has 0 saturated carbocycles. The zero-order chi connectivity index (χ0) is 35.2. The molecule has 254 valence electrons. The molecule has 0 atom stereocenters. The van der Waals surface area contributed by atoms with E-state index < -0.39 is 0 Å². The van der Waals surface area contributed by atoms with Crippen molar-refractivity contribution in [3.05, 3.63) is 159 Å². The van der Waals surface area contributed by atoms with Crippen LogP contribution in [-0.2, 0) is 30.1 Å². The molecular formula is C49H52O. The van der Waals surface area contributed by atoms with Crippen LogP contribution in [0.3, 0.4) is 0 Å². The maximum Gasteiger partial charge on any atom is 0.122 e. The van der Waals surface area contributed by atoms with E-state index in [-0.39, 0.29) is 10.8 Å². The quantitative estimate of drug-likeness (QED) is 0.121. The third-order valence-corrected chi connectivity index (χ3v) is 11.7. The molecule has 5 aromatic carbocycles. The Labute approximate surface area is 300 Å². The second kappa shape index (κ2) is 13.3. The van der Waals surface area contributed by atoms with Gasteiger partial charge in [0.1, 0.15) is 5.75 Å². The topological polar surface area (TPSA) is 9.23 Å². The van der Waals surface area contributed by atoms with Crippen LogP contribution in [0.2, 0.25) is 0 Å². The summed E-state index contributed by atoms with van der Waals surface area (Å²) in [5.41, 5.74) is 20.4. The Morgan fingerprint density at radius 2 is 0.980 bits per heavy atom. The first kappa shape index (κ1) is 33.9. The van der Waals surface area contributed by atoms with Crippen molar-refractivity contribution in [2.45, 2.75) is 90.9 Å². The molecule has 50 heavy (non-hydrogen) atoms. The summed E-state index contributed by atoms with van der Waals surface area (Å²) in [6.45, 7) is 22.5. The number of hydrogen-bond donors (Lipinski definition) is 0. The van der Waals surface area contributed by atoms with Crippen molar-refractivity contribution in [3.8, 4) is 28.0 Å². The number of unbranched alkanes of at least 4 members (excludes halogenated alkanes) is 1. The fourth-order valence-corrected chi connectivity index (χ4v) is 8.55. The zero-order valence-corrected chi connectivity index (χ0v) is 31.0. The van der Waals surface area contributed by atoms with Crippen molar-refractivity contribution in [1.29, 1.82) is 0 Å². The Kier molecular flexibility index (Phi) is 8.97. The Balaban J connectivity index is 0.909. The summed E-state index contributed by atoms with van der Waals surface area (Å²) in [5, 5.41) is 0. The maximum absolute atomic E-state index is 6.36. The van der Waals surface area contributed by atoms with Gasteiger partial charge < -0.3 is 4.74 Å². The van der Waals surface area contributed by atoms with Gasteiger partial charge in [-0.1, -0.05) is 132 Å².